The first-order valence-electron chi connectivity index (χ1n) is 15.7. The summed E-state index contributed by atoms with van der Waals surface area (Å²) in [4.78, 5) is 30.8. The minimum atomic E-state index is -0.874. The monoisotopic (exact) mass is 585 g/mol. The topological polar surface area (TPSA) is 120 Å². The van der Waals surface area contributed by atoms with Crippen molar-refractivity contribution in [2.24, 2.45) is 11.8 Å². The molecular formula is C36H43NO6. The third-order valence-corrected chi connectivity index (χ3v) is 9.02. The number of fused-ring (bicyclic) bond motifs is 1. The Kier molecular flexibility index (Phi) is 10.4. The van der Waals surface area contributed by atoms with Gasteiger partial charge in [0.25, 0.3) is 0 Å². The van der Waals surface area contributed by atoms with E-state index in [-0.39, 0.29) is 54.5 Å². The number of aromatic nitrogens is 1. The van der Waals surface area contributed by atoms with Crippen molar-refractivity contribution < 1.29 is 29.6 Å². The summed E-state index contributed by atoms with van der Waals surface area (Å²) in [7, 11) is 0. The summed E-state index contributed by atoms with van der Waals surface area (Å²) in [6.07, 6.45) is 14.2. The first-order valence-corrected chi connectivity index (χ1v) is 15.7. The van der Waals surface area contributed by atoms with Gasteiger partial charge in [-0.15, -0.1) is 0 Å². The van der Waals surface area contributed by atoms with E-state index in [2.05, 4.69) is 4.98 Å². The Balaban J connectivity index is 1.23. The number of carbonyl (C=O) groups is 2. The molecule has 0 amide bonds. The van der Waals surface area contributed by atoms with E-state index in [0.717, 1.165) is 73.8 Å². The highest BCUT2D eigenvalue weighted by Crippen LogP contribution is 2.40. The SMILES string of the molecule is O=C(CCc1ccc(O)c(OC2CCCC2)c1)C(CCO)C(=O)C1C=Cc2[nH]ccc2C1CCCCc1cccc(O)c1. The van der Waals surface area contributed by atoms with Crippen molar-refractivity contribution in [1.29, 1.82) is 0 Å². The molecule has 2 aliphatic rings. The van der Waals surface area contributed by atoms with Crippen LogP contribution in [0.1, 0.15) is 86.1 Å². The third kappa shape index (κ3) is 7.77. The largest absolute Gasteiger partial charge is 0.508 e. The Morgan fingerprint density at radius 2 is 1.79 bits per heavy atom. The number of aliphatic hydroxyl groups is 1. The van der Waals surface area contributed by atoms with Crippen LogP contribution in [-0.2, 0) is 22.4 Å². The molecule has 1 fully saturated rings. The van der Waals surface area contributed by atoms with E-state index in [1.165, 1.54) is 0 Å². The van der Waals surface area contributed by atoms with Gasteiger partial charge in [-0.2, -0.15) is 0 Å². The standard InChI is InChI=1S/C36H43NO6/c38-21-19-31(33(40)16-12-25-13-17-34(41)35(23-25)43-27-9-2-3-10-27)36(42)30-14-15-32-29(18-20-37-32)28(30)11-4-1-6-24-7-5-8-26(39)22-24/h5,7-8,13-15,17-18,20,22-23,27-28,30-31,37-39,41H,1-4,6,9-12,16,19,21H2. The Morgan fingerprint density at radius 1 is 0.977 bits per heavy atom. The molecule has 4 N–H and O–H groups in total. The number of Topliss-reactive ketones (excluding diaryl/α,β-unsaturated/α-hetero) is 2. The number of allylic oxidation sites excluding steroid dienone is 1. The second-order valence-electron chi connectivity index (χ2n) is 12.0. The van der Waals surface area contributed by atoms with Crippen LogP contribution in [0.15, 0.2) is 60.8 Å². The Morgan fingerprint density at radius 3 is 2.58 bits per heavy atom. The number of phenolic OH excluding ortho intramolecular Hbond substituents is 2. The van der Waals surface area contributed by atoms with Gasteiger partial charge < -0.3 is 25.0 Å². The van der Waals surface area contributed by atoms with E-state index in [0.29, 0.717) is 12.2 Å². The van der Waals surface area contributed by atoms with Gasteiger partial charge in [0, 0.05) is 30.8 Å². The molecule has 0 spiro atoms. The van der Waals surface area contributed by atoms with Crippen LogP contribution >= 0.6 is 0 Å². The molecule has 1 heterocycles. The highest BCUT2D eigenvalue weighted by molar-refractivity contribution is 6.04. The summed E-state index contributed by atoms with van der Waals surface area (Å²) < 4.78 is 6.02. The van der Waals surface area contributed by atoms with Gasteiger partial charge in [-0.05, 0) is 117 Å². The predicted octanol–water partition coefficient (Wildman–Crippen LogP) is 6.66. The normalized spacial score (nSPS) is 18.8. The summed E-state index contributed by atoms with van der Waals surface area (Å²) in [5.74, 6) is -0.856. The molecule has 43 heavy (non-hydrogen) atoms. The van der Waals surface area contributed by atoms with Crippen molar-refractivity contribution in [3.05, 3.63) is 83.2 Å². The number of aryl methyl sites for hydroxylation is 2. The van der Waals surface area contributed by atoms with Crippen LogP contribution in [0, 0.1) is 11.8 Å². The number of unbranched alkanes of at least 4 members (excludes halogenated alkanes) is 1. The van der Waals surface area contributed by atoms with Gasteiger partial charge >= 0.3 is 0 Å². The molecule has 3 unspecified atom stereocenters. The Hall–Kier alpha value is -3.84. The molecule has 3 aromatic rings. The van der Waals surface area contributed by atoms with E-state index in [1.54, 1.807) is 30.3 Å². The molecule has 1 saturated carbocycles. The molecule has 3 atom stereocenters. The van der Waals surface area contributed by atoms with E-state index >= 15 is 0 Å². The zero-order valence-electron chi connectivity index (χ0n) is 24.7. The number of aliphatic hydroxyl groups excluding tert-OH is 1. The molecule has 0 radical (unpaired) electrons. The van der Waals surface area contributed by atoms with E-state index in [1.807, 2.05) is 36.5 Å². The number of nitrogens with one attached hydrogen (secondary N) is 1. The second-order valence-corrected chi connectivity index (χ2v) is 12.0. The van der Waals surface area contributed by atoms with Gasteiger partial charge in [-0.1, -0.05) is 30.7 Å². The molecule has 7 nitrogen and oxygen atoms in total. The number of benzene rings is 2. The van der Waals surface area contributed by atoms with E-state index in [9.17, 15) is 24.9 Å². The summed E-state index contributed by atoms with van der Waals surface area (Å²) >= 11 is 0. The van der Waals surface area contributed by atoms with Crippen LogP contribution in [0.2, 0.25) is 0 Å². The number of hydrogen-bond donors (Lipinski definition) is 4. The maximum absolute atomic E-state index is 14.0. The first kappa shape index (κ1) is 30.6. The molecule has 5 rings (SSSR count). The number of aromatic amines is 1. The maximum Gasteiger partial charge on any atom is 0.161 e. The smallest absolute Gasteiger partial charge is 0.161 e. The van der Waals surface area contributed by atoms with Gasteiger partial charge in [0.05, 0.1) is 12.0 Å². The van der Waals surface area contributed by atoms with E-state index < -0.39 is 11.8 Å². The molecule has 0 saturated heterocycles. The molecule has 0 bridgehead atoms. The Bertz CT molecular complexity index is 1420. The number of H-pyrrole nitrogens is 1. The summed E-state index contributed by atoms with van der Waals surface area (Å²) in [6, 6.07) is 14.5. The lowest BCUT2D eigenvalue weighted by atomic mass is 9.72. The second kappa shape index (κ2) is 14.6. The third-order valence-electron chi connectivity index (χ3n) is 9.02. The van der Waals surface area contributed by atoms with Crippen LogP contribution in [0.25, 0.3) is 6.08 Å². The van der Waals surface area contributed by atoms with E-state index in [4.69, 9.17) is 4.74 Å². The van der Waals surface area contributed by atoms with Crippen LogP contribution in [0.3, 0.4) is 0 Å². The number of aromatic hydroxyl groups is 2. The first-order chi connectivity index (χ1) is 20.9. The molecule has 228 valence electrons. The summed E-state index contributed by atoms with van der Waals surface area (Å²) in [5, 5.41) is 29.9. The van der Waals surface area contributed by atoms with Gasteiger partial charge in [0.1, 0.15) is 11.5 Å². The average molecular weight is 586 g/mol. The number of rotatable bonds is 15. The lowest BCUT2D eigenvalue weighted by molar-refractivity contribution is -0.135. The molecular weight excluding hydrogens is 542 g/mol. The predicted molar refractivity (Wildman–Crippen MR) is 166 cm³/mol. The van der Waals surface area contributed by atoms with Crippen molar-refractivity contribution in [1.82, 2.24) is 4.98 Å². The molecule has 0 aliphatic heterocycles. The van der Waals surface area contributed by atoms with Gasteiger partial charge in [-0.3, -0.25) is 9.59 Å². The highest BCUT2D eigenvalue weighted by Gasteiger charge is 2.37. The summed E-state index contributed by atoms with van der Waals surface area (Å²) in [5.41, 5.74) is 4.04. The Labute approximate surface area is 253 Å². The van der Waals surface area contributed by atoms with Gasteiger partial charge in [-0.25, -0.2) is 0 Å². The fourth-order valence-corrected chi connectivity index (χ4v) is 6.68. The molecule has 2 aromatic carbocycles. The fraction of sp³-hybridized carbons (Fsp3) is 0.444. The van der Waals surface area contributed by atoms with Crippen molar-refractivity contribution >= 4 is 17.6 Å². The molecule has 1 aromatic heterocycles. The van der Waals surface area contributed by atoms with Crippen LogP contribution in [0.4, 0.5) is 0 Å². The summed E-state index contributed by atoms with van der Waals surface area (Å²) in [6.45, 7) is -0.235. The van der Waals surface area contributed by atoms with Crippen molar-refractivity contribution in [3.8, 4) is 17.2 Å². The number of hydrogen-bond acceptors (Lipinski definition) is 6. The fourth-order valence-electron chi connectivity index (χ4n) is 6.68. The van der Waals surface area contributed by atoms with Gasteiger partial charge in [0.15, 0.2) is 17.3 Å². The van der Waals surface area contributed by atoms with Crippen LogP contribution in [-0.4, -0.2) is 44.6 Å². The quantitative estimate of drug-likeness (QED) is 0.117. The average Bonchev–Trinajstić information content (AvgIpc) is 3.70. The maximum atomic E-state index is 14.0. The number of ether oxygens (including phenoxy) is 1. The number of carbonyl (C=O) groups excluding carboxylic acids is 2. The zero-order chi connectivity index (χ0) is 30.2. The van der Waals surface area contributed by atoms with Crippen molar-refractivity contribution in [2.75, 3.05) is 6.61 Å². The molecule has 2 aliphatic carbocycles. The van der Waals surface area contributed by atoms with Crippen LogP contribution < -0.4 is 4.74 Å². The van der Waals surface area contributed by atoms with Gasteiger partial charge in [0.2, 0.25) is 0 Å². The number of ketones is 2. The zero-order valence-corrected chi connectivity index (χ0v) is 24.7. The van der Waals surface area contributed by atoms with Crippen molar-refractivity contribution in [2.45, 2.75) is 82.7 Å². The minimum Gasteiger partial charge on any atom is -0.508 e. The molecule has 7 heteroatoms. The lowest BCUT2D eigenvalue weighted by Gasteiger charge is -2.30. The lowest BCUT2D eigenvalue weighted by Crippen LogP contribution is -2.34. The van der Waals surface area contributed by atoms with Crippen molar-refractivity contribution in [3.63, 3.8) is 0 Å². The van der Waals surface area contributed by atoms with Crippen LogP contribution in [0.5, 0.6) is 17.2 Å². The highest BCUT2D eigenvalue weighted by atomic mass is 16.5. The minimum absolute atomic E-state index is 0.0516. The number of phenols is 2.